The molecular formula is C26H52N2O2. The van der Waals surface area contributed by atoms with Gasteiger partial charge in [0.1, 0.15) is 0 Å². The van der Waals surface area contributed by atoms with Crippen molar-refractivity contribution in [2.45, 2.75) is 136 Å². The van der Waals surface area contributed by atoms with Crippen LogP contribution in [0, 0.1) is 0 Å². The van der Waals surface area contributed by atoms with Crippen LogP contribution in [0.1, 0.15) is 136 Å². The topological polar surface area (TPSA) is 49.4 Å². The Bertz CT molecular complexity index is 398. The summed E-state index contributed by atoms with van der Waals surface area (Å²) in [5.74, 6) is 0.0907. The second kappa shape index (κ2) is 22.6. The lowest BCUT2D eigenvalue weighted by molar-refractivity contribution is -0.136. The number of amides is 2. The molecule has 4 heteroatoms. The van der Waals surface area contributed by atoms with Gasteiger partial charge in [-0.25, -0.2) is 0 Å². The first-order valence-electron chi connectivity index (χ1n) is 13.2. The van der Waals surface area contributed by atoms with Gasteiger partial charge >= 0.3 is 0 Å². The molecule has 0 aliphatic heterocycles. The Labute approximate surface area is 187 Å². The molecule has 0 spiro atoms. The van der Waals surface area contributed by atoms with E-state index < -0.39 is 0 Å². The van der Waals surface area contributed by atoms with Crippen molar-refractivity contribution in [1.29, 1.82) is 0 Å². The van der Waals surface area contributed by atoms with E-state index >= 15 is 0 Å². The van der Waals surface area contributed by atoms with Gasteiger partial charge < -0.3 is 10.2 Å². The predicted octanol–water partition coefficient (Wildman–Crippen LogP) is 7.01. The lowest BCUT2D eigenvalue weighted by atomic mass is 10.0. The molecule has 0 aromatic heterocycles. The largest absolute Gasteiger partial charge is 0.355 e. The van der Waals surface area contributed by atoms with Crippen LogP contribution in [0.3, 0.4) is 0 Å². The van der Waals surface area contributed by atoms with E-state index in [1.165, 1.54) is 83.5 Å². The Hall–Kier alpha value is -1.06. The highest BCUT2D eigenvalue weighted by molar-refractivity contribution is 5.84. The maximum absolute atomic E-state index is 12.1. The molecule has 0 atom stereocenters. The van der Waals surface area contributed by atoms with Crippen LogP contribution in [-0.2, 0) is 9.59 Å². The van der Waals surface area contributed by atoms with Crippen LogP contribution in [-0.4, -0.2) is 36.3 Å². The maximum atomic E-state index is 12.1. The number of hydrogen-bond donors (Lipinski definition) is 1. The van der Waals surface area contributed by atoms with Gasteiger partial charge in [-0.2, -0.15) is 0 Å². The third-order valence-electron chi connectivity index (χ3n) is 5.92. The Kier molecular flexibility index (Phi) is 21.8. The quantitative estimate of drug-likeness (QED) is 0.190. The lowest BCUT2D eigenvalue weighted by Crippen LogP contribution is -2.40. The number of nitrogens with zero attached hydrogens (tertiary/aromatic N) is 1. The van der Waals surface area contributed by atoms with Crippen LogP contribution in [0.25, 0.3) is 0 Å². The van der Waals surface area contributed by atoms with E-state index in [2.05, 4.69) is 19.2 Å². The summed E-state index contributed by atoms with van der Waals surface area (Å²) in [5.41, 5.74) is 0. The van der Waals surface area contributed by atoms with E-state index in [9.17, 15) is 9.59 Å². The average molecular weight is 425 g/mol. The normalized spacial score (nSPS) is 10.9. The van der Waals surface area contributed by atoms with Crippen molar-refractivity contribution in [3.05, 3.63) is 0 Å². The van der Waals surface area contributed by atoms with Crippen molar-refractivity contribution < 1.29 is 9.59 Å². The fraction of sp³-hybridized carbons (Fsp3) is 0.923. The Morgan fingerprint density at radius 3 is 1.50 bits per heavy atom. The minimum absolute atomic E-state index is 0.0182. The van der Waals surface area contributed by atoms with Crippen molar-refractivity contribution in [1.82, 2.24) is 10.2 Å². The zero-order valence-electron chi connectivity index (χ0n) is 20.6. The summed E-state index contributed by atoms with van der Waals surface area (Å²) in [4.78, 5) is 25.9. The summed E-state index contributed by atoms with van der Waals surface area (Å²) in [5, 5.41) is 2.98. The molecule has 0 saturated heterocycles. The Balaban J connectivity index is 3.46. The third kappa shape index (κ3) is 18.9. The number of hydrogen-bond acceptors (Lipinski definition) is 2. The molecule has 0 saturated carbocycles. The van der Waals surface area contributed by atoms with Gasteiger partial charge in [-0.3, -0.25) is 9.59 Å². The van der Waals surface area contributed by atoms with Gasteiger partial charge in [0, 0.05) is 19.5 Å². The van der Waals surface area contributed by atoms with Crippen molar-refractivity contribution in [3.63, 3.8) is 0 Å². The molecule has 0 fully saturated rings. The lowest BCUT2D eigenvalue weighted by Gasteiger charge is -2.20. The van der Waals surface area contributed by atoms with Crippen LogP contribution >= 0.6 is 0 Å². The molecule has 2 amide bonds. The number of rotatable bonds is 22. The average Bonchev–Trinajstić information content (AvgIpc) is 2.74. The van der Waals surface area contributed by atoms with Crippen LogP contribution < -0.4 is 5.32 Å². The van der Waals surface area contributed by atoms with E-state index in [4.69, 9.17) is 0 Å². The van der Waals surface area contributed by atoms with Gasteiger partial charge in [-0.05, 0) is 19.8 Å². The summed E-state index contributed by atoms with van der Waals surface area (Å²) >= 11 is 0. The summed E-state index contributed by atoms with van der Waals surface area (Å²) < 4.78 is 0. The molecule has 0 radical (unpaired) electrons. The Morgan fingerprint density at radius 1 is 0.600 bits per heavy atom. The van der Waals surface area contributed by atoms with Gasteiger partial charge in [0.15, 0.2) is 0 Å². The van der Waals surface area contributed by atoms with E-state index in [-0.39, 0.29) is 18.4 Å². The molecule has 0 heterocycles. The first-order chi connectivity index (χ1) is 14.7. The van der Waals surface area contributed by atoms with E-state index in [0.717, 1.165) is 32.2 Å². The van der Waals surface area contributed by atoms with E-state index in [1.54, 1.807) is 4.90 Å². The standard InChI is InChI=1S/C26H52N2O2/c1-4-7-9-10-11-12-13-14-15-16-17-18-19-21-23-27-25(29)24-28(6-3)26(30)22-20-8-5-2/h4-24H2,1-3H3,(H,27,29). The van der Waals surface area contributed by atoms with Crippen molar-refractivity contribution in [3.8, 4) is 0 Å². The molecule has 1 N–H and O–H groups in total. The highest BCUT2D eigenvalue weighted by atomic mass is 16.2. The zero-order valence-corrected chi connectivity index (χ0v) is 20.6. The predicted molar refractivity (Wildman–Crippen MR) is 130 cm³/mol. The zero-order chi connectivity index (χ0) is 22.3. The van der Waals surface area contributed by atoms with E-state index in [0.29, 0.717) is 13.0 Å². The number of carbonyl (C=O) groups is 2. The number of likely N-dealkylation sites (N-methyl/N-ethyl adjacent to an activating group) is 1. The minimum Gasteiger partial charge on any atom is -0.355 e. The fourth-order valence-electron chi connectivity index (χ4n) is 3.84. The summed E-state index contributed by atoms with van der Waals surface area (Å²) in [6, 6.07) is 0. The summed E-state index contributed by atoms with van der Waals surface area (Å²) in [7, 11) is 0. The molecule has 0 rings (SSSR count). The Morgan fingerprint density at radius 2 is 1.03 bits per heavy atom. The van der Waals surface area contributed by atoms with E-state index in [1.807, 2.05) is 6.92 Å². The molecule has 0 aromatic rings. The number of nitrogens with one attached hydrogen (secondary N) is 1. The van der Waals surface area contributed by atoms with Crippen LogP contribution in [0.5, 0.6) is 0 Å². The molecule has 178 valence electrons. The van der Waals surface area contributed by atoms with Gasteiger partial charge in [-0.15, -0.1) is 0 Å². The molecule has 0 aromatic carbocycles. The first kappa shape index (κ1) is 28.9. The molecule has 0 aliphatic carbocycles. The summed E-state index contributed by atoms with van der Waals surface area (Å²) in [6.45, 7) is 7.90. The molecule has 0 aliphatic rings. The monoisotopic (exact) mass is 424 g/mol. The second-order valence-electron chi connectivity index (χ2n) is 8.81. The smallest absolute Gasteiger partial charge is 0.239 e. The van der Waals surface area contributed by atoms with Gasteiger partial charge in [0.2, 0.25) is 11.8 Å². The van der Waals surface area contributed by atoms with Gasteiger partial charge in [0.25, 0.3) is 0 Å². The summed E-state index contributed by atoms with van der Waals surface area (Å²) in [6.07, 6.45) is 22.5. The SMILES string of the molecule is CCCCCCCCCCCCCCCCNC(=O)CN(CC)C(=O)CCCCC. The fourth-order valence-corrected chi connectivity index (χ4v) is 3.84. The van der Waals surface area contributed by atoms with Gasteiger partial charge in [0.05, 0.1) is 6.54 Å². The highest BCUT2D eigenvalue weighted by Crippen LogP contribution is 2.12. The molecule has 30 heavy (non-hydrogen) atoms. The number of carbonyl (C=O) groups excluding carboxylic acids is 2. The molecular weight excluding hydrogens is 372 g/mol. The van der Waals surface area contributed by atoms with Crippen molar-refractivity contribution >= 4 is 11.8 Å². The number of unbranched alkanes of at least 4 members (excludes halogenated alkanes) is 15. The minimum atomic E-state index is -0.0182. The van der Waals surface area contributed by atoms with Crippen LogP contribution in [0.4, 0.5) is 0 Å². The second-order valence-corrected chi connectivity index (χ2v) is 8.81. The molecule has 0 bridgehead atoms. The van der Waals surface area contributed by atoms with Crippen LogP contribution in [0.15, 0.2) is 0 Å². The van der Waals surface area contributed by atoms with Crippen LogP contribution in [0.2, 0.25) is 0 Å². The molecule has 0 unspecified atom stereocenters. The van der Waals surface area contributed by atoms with Gasteiger partial charge in [-0.1, -0.05) is 110 Å². The maximum Gasteiger partial charge on any atom is 0.239 e. The first-order valence-corrected chi connectivity index (χ1v) is 13.2. The third-order valence-corrected chi connectivity index (χ3v) is 5.92. The highest BCUT2D eigenvalue weighted by Gasteiger charge is 2.14. The van der Waals surface area contributed by atoms with Crippen molar-refractivity contribution in [2.75, 3.05) is 19.6 Å². The van der Waals surface area contributed by atoms with Crippen molar-refractivity contribution in [2.24, 2.45) is 0 Å². The molecule has 4 nitrogen and oxygen atoms in total.